The van der Waals surface area contributed by atoms with Crippen molar-refractivity contribution in [1.29, 1.82) is 0 Å². The lowest BCUT2D eigenvalue weighted by atomic mass is 9.70. The molecule has 0 aromatic rings. The maximum Gasteiger partial charge on any atom is 0.0543 e. The molecule has 2 saturated carbocycles. The fourth-order valence-electron chi connectivity index (χ4n) is 2.85. The van der Waals surface area contributed by atoms with Gasteiger partial charge in [0.25, 0.3) is 0 Å². The lowest BCUT2D eigenvalue weighted by molar-refractivity contribution is 0.0491. The summed E-state index contributed by atoms with van der Waals surface area (Å²) in [4.78, 5) is 0. The second-order valence-corrected chi connectivity index (χ2v) is 4.27. The first-order valence-electron chi connectivity index (χ1n) is 5.04. The molecule has 0 bridgehead atoms. The molecule has 2 aliphatic carbocycles. The van der Waals surface area contributed by atoms with Gasteiger partial charge in [0.05, 0.1) is 6.10 Å². The van der Waals surface area contributed by atoms with Crippen molar-refractivity contribution in [2.24, 2.45) is 11.8 Å². The fourth-order valence-corrected chi connectivity index (χ4v) is 2.85. The maximum atomic E-state index is 9.45. The van der Waals surface area contributed by atoms with Gasteiger partial charge in [-0.25, -0.2) is 0 Å². The summed E-state index contributed by atoms with van der Waals surface area (Å²) in [6.07, 6.45) is 9.19. The van der Waals surface area contributed by atoms with Gasteiger partial charge in [0.1, 0.15) is 0 Å². The highest BCUT2D eigenvalue weighted by atomic mass is 16.3. The molecule has 11 heavy (non-hydrogen) atoms. The Labute approximate surface area is 68.8 Å². The van der Waals surface area contributed by atoms with E-state index in [1.165, 1.54) is 32.1 Å². The Morgan fingerprint density at radius 3 is 2.36 bits per heavy atom. The molecular weight excluding hydrogens is 136 g/mol. The van der Waals surface area contributed by atoms with E-state index in [0.717, 1.165) is 24.7 Å². The van der Waals surface area contributed by atoms with Gasteiger partial charge in [-0.2, -0.15) is 0 Å². The smallest absolute Gasteiger partial charge is 0.0543 e. The minimum Gasteiger partial charge on any atom is -0.393 e. The zero-order chi connectivity index (χ0) is 7.68. The van der Waals surface area contributed by atoms with Crippen LogP contribution in [0.25, 0.3) is 0 Å². The number of rotatable bonds is 0. The number of fused-ring (bicyclic) bond motifs is 1. The Balaban J connectivity index is 1.93. The zero-order valence-corrected chi connectivity index (χ0v) is 7.13. The predicted octanol–water partition coefficient (Wildman–Crippen LogP) is 2.34. The Morgan fingerprint density at radius 1 is 0.818 bits per heavy atom. The van der Waals surface area contributed by atoms with E-state index in [1.807, 2.05) is 0 Å². The molecule has 2 fully saturated rings. The van der Waals surface area contributed by atoms with Crippen LogP contribution in [0.5, 0.6) is 0 Å². The van der Waals surface area contributed by atoms with Crippen LogP contribution >= 0.6 is 0 Å². The minimum absolute atomic E-state index is 0.0364. The maximum absolute atomic E-state index is 9.45. The van der Waals surface area contributed by atoms with Gasteiger partial charge >= 0.3 is 0 Å². The summed E-state index contributed by atoms with van der Waals surface area (Å²) in [5, 5.41) is 9.45. The highest BCUT2D eigenvalue weighted by Crippen LogP contribution is 2.40. The van der Waals surface area contributed by atoms with Crippen LogP contribution < -0.4 is 0 Å². The van der Waals surface area contributed by atoms with Gasteiger partial charge in [0, 0.05) is 0 Å². The van der Waals surface area contributed by atoms with Crippen molar-refractivity contribution >= 4 is 0 Å². The predicted molar refractivity (Wildman–Crippen MR) is 45.3 cm³/mol. The average molecular weight is 154 g/mol. The highest BCUT2D eigenvalue weighted by Gasteiger charge is 2.30. The summed E-state index contributed by atoms with van der Waals surface area (Å²) in [6.45, 7) is 0. The molecule has 0 aromatic heterocycles. The van der Waals surface area contributed by atoms with E-state index in [1.54, 1.807) is 0 Å². The van der Waals surface area contributed by atoms with Crippen LogP contribution in [0.3, 0.4) is 0 Å². The first-order valence-corrected chi connectivity index (χ1v) is 5.04. The Morgan fingerprint density at radius 2 is 1.55 bits per heavy atom. The normalized spacial score (nSPS) is 45.0. The lowest BCUT2D eigenvalue weighted by Crippen LogP contribution is -2.29. The quantitative estimate of drug-likeness (QED) is 0.568. The van der Waals surface area contributed by atoms with Crippen molar-refractivity contribution in [3.05, 3.63) is 0 Å². The third-order valence-electron chi connectivity index (χ3n) is 3.51. The summed E-state index contributed by atoms with van der Waals surface area (Å²) in [5.41, 5.74) is 0. The lowest BCUT2D eigenvalue weighted by Gasteiger charge is -2.37. The van der Waals surface area contributed by atoms with Gasteiger partial charge < -0.3 is 5.11 Å². The first-order chi connectivity index (χ1) is 5.36. The number of hydrogen-bond donors (Lipinski definition) is 1. The summed E-state index contributed by atoms with van der Waals surface area (Å²) in [5.74, 6) is 1.86. The average Bonchev–Trinajstić information content (AvgIpc) is 2.04. The molecule has 0 saturated heterocycles. The third-order valence-corrected chi connectivity index (χ3v) is 3.51. The van der Waals surface area contributed by atoms with E-state index in [9.17, 15) is 5.11 Å². The van der Waals surface area contributed by atoms with Crippen molar-refractivity contribution in [1.82, 2.24) is 0 Å². The topological polar surface area (TPSA) is 20.2 Å². The standard InChI is InChI=1S/C10H18O/c11-10-6-5-8-3-1-2-4-9(8)7-10/h8-11H,1-7H2/t8?,9-,10-/m1/s1. The van der Waals surface area contributed by atoms with Gasteiger partial charge in [-0.05, 0) is 31.1 Å². The van der Waals surface area contributed by atoms with Crippen LogP contribution in [0.4, 0.5) is 0 Å². The molecular formula is C10H18O. The van der Waals surface area contributed by atoms with E-state index in [-0.39, 0.29) is 6.10 Å². The van der Waals surface area contributed by atoms with Crippen LogP contribution in [0, 0.1) is 11.8 Å². The number of aliphatic hydroxyl groups excluding tert-OH is 1. The van der Waals surface area contributed by atoms with Gasteiger partial charge in [0.15, 0.2) is 0 Å². The third kappa shape index (κ3) is 1.58. The summed E-state index contributed by atoms with van der Waals surface area (Å²) >= 11 is 0. The Kier molecular flexibility index (Phi) is 2.17. The monoisotopic (exact) mass is 154 g/mol. The highest BCUT2D eigenvalue weighted by molar-refractivity contribution is 4.82. The van der Waals surface area contributed by atoms with Crippen molar-refractivity contribution in [2.75, 3.05) is 0 Å². The molecule has 0 spiro atoms. The molecule has 0 heterocycles. The Hall–Kier alpha value is -0.0400. The van der Waals surface area contributed by atoms with E-state index in [2.05, 4.69) is 0 Å². The molecule has 1 N–H and O–H groups in total. The first kappa shape index (κ1) is 7.60. The molecule has 1 nitrogen and oxygen atoms in total. The van der Waals surface area contributed by atoms with Crippen LogP contribution in [0.1, 0.15) is 44.9 Å². The van der Waals surface area contributed by atoms with Gasteiger partial charge in [0.2, 0.25) is 0 Å². The van der Waals surface area contributed by atoms with E-state index in [0.29, 0.717) is 0 Å². The van der Waals surface area contributed by atoms with Gasteiger partial charge in [-0.15, -0.1) is 0 Å². The Bertz CT molecular complexity index is 133. The van der Waals surface area contributed by atoms with E-state index < -0.39 is 0 Å². The molecule has 1 unspecified atom stereocenters. The SMILES string of the molecule is O[C@@H]1CCC2CCCC[C@@H]2C1. The molecule has 2 rings (SSSR count). The zero-order valence-electron chi connectivity index (χ0n) is 7.13. The van der Waals surface area contributed by atoms with Crippen LogP contribution in [-0.4, -0.2) is 11.2 Å². The van der Waals surface area contributed by atoms with Crippen molar-refractivity contribution in [2.45, 2.75) is 51.0 Å². The summed E-state index contributed by atoms with van der Waals surface area (Å²) in [6, 6.07) is 0. The van der Waals surface area contributed by atoms with Gasteiger partial charge in [-0.1, -0.05) is 25.7 Å². The summed E-state index contributed by atoms with van der Waals surface area (Å²) < 4.78 is 0. The molecule has 64 valence electrons. The van der Waals surface area contributed by atoms with E-state index >= 15 is 0 Å². The number of hydrogen-bond acceptors (Lipinski definition) is 1. The molecule has 1 heteroatoms. The second kappa shape index (κ2) is 3.14. The molecule has 0 amide bonds. The van der Waals surface area contributed by atoms with Crippen molar-refractivity contribution in [3.63, 3.8) is 0 Å². The van der Waals surface area contributed by atoms with Crippen molar-refractivity contribution in [3.8, 4) is 0 Å². The molecule has 0 aliphatic heterocycles. The largest absolute Gasteiger partial charge is 0.393 e. The molecule has 0 aromatic carbocycles. The van der Waals surface area contributed by atoms with Crippen molar-refractivity contribution < 1.29 is 5.11 Å². The van der Waals surface area contributed by atoms with Crippen LogP contribution in [0.2, 0.25) is 0 Å². The second-order valence-electron chi connectivity index (χ2n) is 4.27. The minimum atomic E-state index is 0.0364. The van der Waals surface area contributed by atoms with Crippen LogP contribution in [-0.2, 0) is 0 Å². The summed E-state index contributed by atoms with van der Waals surface area (Å²) in [7, 11) is 0. The number of aliphatic hydroxyl groups is 1. The molecule has 0 radical (unpaired) electrons. The fraction of sp³-hybridized carbons (Fsp3) is 1.00. The van der Waals surface area contributed by atoms with Gasteiger partial charge in [-0.3, -0.25) is 0 Å². The molecule has 2 aliphatic rings. The van der Waals surface area contributed by atoms with E-state index in [4.69, 9.17) is 0 Å². The molecule has 3 atom stereocenters. The van der Waals surface area contributed by atoms with Crippen LogP contribution in [0.15, 0.2) is 0 Å².